The standard InChI is InChI=1S/C14H21N3O/c1-4-16(5-2)8-9-17-11-15-13-7-6-12(18-3)10-14(13)17/h6-7,10-11H,4-5,8-9H2,1-3H3. The second-order valence-corrected chi connectivity index (χ2v) is 4.32. The number of rotatable bonds is 6. The first-order chi connectivity index (χ1) is 8.78. The van der Waals surface area contributed by atoms with Crippen molar-refractivity contribution >= 4 is 11.0 Å². The molecule has 1 aromatic carbocycles. The van der Waals surface area contributed by atoms with Gasteiger partial charge >= 0.3 is 0 Å². The number of hydrogen-bond acceptors (Lipinski definition) is 3. The Balaban J connectivity index is 2.17. The first-order valence-corrected chi connectivity index (χ1v) is 6.49. The molecule has 0 saturated heterocycles. The molecule has 0 atom stereocenters. The number of imidazole rings is 1. The molecule has 4 heteroatoms. The van der Waals surface area contributed by atoms with Gasteiger partial charge in [0, 0.05) is 19.2 Å². The van der Waals surface area contributed by atoms with E-state index in [0.717, 1.165) is 43.0 Å². The summed E-state index contributed by atoms with van der Waals surface area (Å²) in [5.41, 5.74) is 2.16. The van der Waals surface area contributed by atoms with Gasteiger partial charge < -0.3 is 14.2 Å². The van der Waals surface area contributed by atoms with Crippen molar-refractivity contribution in [1.29, 1.82) is 0 Å². The van der Waals surface area contributed by atoms with Crippen LogP contribution in [0.25, 0.3) is 11.0 Å². The smallest absolute Gasteiger partial charge is 0.121 e. The molecule has 0 aliphatic rings. The zero-order chi connectivity index (χ0) is 13.0. The Labute approximate surface area is 108 Å². The Morgan fingerprint density at radius 2 is 2.06 bits per heavy atom. The average Bonchev–Trinajstić information content (AvgIpc) is 2.82. The second kappa shape index (κ2) is 5.87. The lowest BCUT2D eigenvalue weighted by atomic mass is 10.3. The van der Waals surface area contributed by atoms with Crippen LogP contribution in [0, 0.1) is 0 Å². The maximum absolute atomic E-state index is 5.26. The fraction of sp³-hybridized carbons (Fsp3) is 0.500. The maximum Gasteiger partial charge on any atom is 0.121 e. The number of hydrogen-bond donors (Lipinski definition) is 0. The maximum atomic E-state index is 5.26. The third-order valence-electron chi connectivity index (χ3n) is 3.38. The molecule has 0 fully saturated rings. The van der Waals surface area contributed by atoms with Crippen LogP contribution in [0.2, 0.25) is 0 Å². The molecule has 2 aromatic rings. The summed E-state index contributed by atoms with van der Waals surface area (Å²) in [6, 6.07) is 6.00. The van der Waals surface area contributed by atoms with Gasteiger partial charge in [0.2, 0.25) is 0 Å². The third kappa shape index (κ3) is 2.64. The highest BCUT2D eigenvalue weighted by Gasteiger charge is 2.05. The van der Waals surface area contributed by atoms with Crippen molar-refractivity contribution in [2.24, 2.45) is 0 Å². The van der Waals surface area contributed by atoms with Gasteiger partial charge in [-0.1, -0.05) is 13.8 Å². The molecule has 18 heavy (non-hydrogen) atoms. The van der Waals surface area contributed by atoms with Crippen molar-refractivity contribution in [3.8, 4) is 5.75 Å². The minimum Gasteiger partial charge on any atom is -0.497 e. The molecular formula is C14H21N3O. The van der Waals surface area contributed by atoms with Crippen LogP contribution in [-0.4, -0.2) is 41.2 Å². The highest BCUT2D eigenvalue weighted by Crippen LogP contribution is 2.19. The first kappa shape index (κ1) is 12.9. The summed E-state index contributed by atoms with van der Waals surface area (Å²) in [4.78, 5) is 6.82. The van der Waals surface area contributed by atoms with Crippen LogP contribution >= 0.6 is 0 Å². The molecule has 0 amide bonds. The SMILES string of the molecule is CCN(CC)CCn1cnc2ccc(OC)cc21. The van der Waals surface area contributed by atoms with Crippen LogP contribution in [0.3, 0.4) is 0 Å². The molecule has 0 spiro atoms. The molecule has 1 aromatic heterocycles. The molecule has 0 N–H and O–H groups in total. The molecule has 0 saturated carbocycles. The van der Waals surface area contributed by atoms with Gasteiger partial charge in [-0.05, 0) is 25.2 Å². The Kier molecular flexibility index (Phi) is 4.20. The number of aromatic nitrogens is 2. The summed E-state index contributed by atoms with van der Waals surface area (Å²) in [6.45, 7) is 8.58. The average molecular weight is 247 g/mol. The monoisotopic (exact) mass is 247 g/mol. The molecular weight excluding hydrogens is 226 g/mol. The molecule has 2 rings (SSSR count). The zero-order valence-electron chi connectivity index (χ0n) is 11.4. The van der Waals surface area contributed by atoms with Crippen LogP contribution in [-0.2, 0) is 6.54 Å². The van der Waals surface area contributed by atoms with E-state index in [-0.39, 0.29) is 0 Å². The minimum atomic E-state index is 0.882. The highest BCUT2D eigenvalue weighted by molar-refractivity contribution is 5.77. The number of likely N-dealkylation sites (N-methyl/N-ethyl adjacent to an activating group) is 1. The quantitative estimate of drug-likeness (QED) is 0.785. The van der Waals surface area contributed by atoms with Gasteiger partial charge in [-0.3, -0.25) is 0 Å². The van der Waals surface area contributed by atoms with Crippen molar-refractivity contribution in [1.82, 2.24) is 14.5 Å². The van der Waals surface area contributed by atoms with Gasteiger partial charge in [-0.2, -0.15) is 0 Å². The lowest BCUT2D eigenvalue weighted by molar-refractivity contribution is 0.292. The molecule has 98 valence electrons. The summed E-state index contributed by atoms with van der Waals surface area (Å²) in [6.07, 6.45) is 1.91. The van der Waals surface area contributed by atoms with Crippen molar-refractivity contribution in [3.63, 3.8) is 0 Å². The minimum absolute atomic E-state index is 0.882. The Morgan fingerprint density at radius 1 is 1.28 bits per heavy atom. The van der Waals surface area contributed by atoms with Gasteiger partial charge in [0.25, 0.3) is 0 Å². The van der Waals surface area contributed by atoms with E-state index in [0.29, 0.717) is 0 Å². The van der Waals surface area contributed by atoms with Crippen molar-refractivity contribution < 1.29 is 4.74 Å². The highest BCUT2D eigenvalue weighted by atomic mass is 16.5. The molecule has 0 unspecified atom stereocenters. The lowest BCUT2D eigenvalue weighted by Crippen LogP contribution is -2.26. The number of nitrogens with zero attached hydrogens (tertiary/aromatic N) is 3. The van der Waals surface area contributed by atoms with Crippen molar-refractivity contribution in [3.05, 3.63) is 24.5 Å². The van der Waals surface area contributed by atoms with E-state index in [9.17, 15) is 0 Å². The Morgan fingerprint density at radius 3 is 2.72 bits per heavy atom. The Hall–Kier alpha value is -1.55. The number of fused-ring (bicyclic) bond motifs is 1. The number of methoxy groups -OCH3 is 1. The van der Waals surface area contributed by atoms with Crippen LogP contribution in [0.5, 0.6) is 5.75 Å². The summed E-state index contributed by atoms with van der Waals surface area (Å²) < 4.78 is 7.45. The van der Waals surface area contributed by atoms with E-state index in [1.54, 1.807) is 7.11 Å². The van der Waals surface area contributed by atoms with Crippen molar-refractivity contribution in [2.75, 3.05) is 26.7 Å². The first-order valence-electron chi connectivity index (χ1n) is 6.49. The zero-order valence-corrected chi connectivity index (χ0v) is 11.4. The van der Waals surface area contributed by atoms with Crippen LogP contribution < -0.4 is 4.74 Å². The van der Waals surface area contributed by atoms with E-state index in [4.69, 9.17) is 4.74 Å². The van der Waals surface area contributed by atoms with E-state index in [2.05, 4.69) is 28.3 Å². The molecule has 0 bridgehead atoms. The predicted octanol–water partition coefficient (Wildman–Crippen LogP) is 2.39. The van der Waals surface area contributed by atoms with E-state index in [1.807, 2.05) is 24.5 Å². The van der Waals surface area contributed by atoms with E-state index >= 15 is 0 Å². The molecule has 0 aliphatic carbocycles. The van der Waals surface area contributed by atoms with Crippen LogP contribution in [0.15, 0.2) is 24.5 Å². The fourth-order valence-electron chi connectivity index (χ4n) is 2.13. The molecule has 0 radical (unpaired) electrons. The normalized spacial score (nSPS) is 11.3. The van der Waals surface area contributed by atoms with E-state index in [1.165, 1.54) is 0 Å². The van der Waals surface area contributed by atoms with Crippen LogP contribution in [0.1, 0.15) is 13.8 Å². The molecule has 1 heterocycles. The van der Waals surface area contributed by atoms with Gasteiger partial charge in [-0.15, -0.1) is 0 Å². The van der Waals surface area contributed by atoms with Crippen molar-refractivity contribution in [2.45, 2.75) is 20.4 Å². The molecule has 0 aliphatic heterocycles. The largest absolute Gasteiger partial charge is 0.497 e. The summed E-state index contributed by atoms with van der Waals surface area (Å²) in [5, 5.41) is 0. The molecule has 4 nitrogen and oxygen atoms in total. The van der Waals surface area contributed by atoms with E-state index < -0.39 is 0 Å². The predicted molar refractivity (Wildman–Crippen MR) is 74.1 cm³/mol. The lowest BCUT2D eigenvalue weighted by Gasteiger charge is -2.18. The summed E-state index contributed by atoms with van der Waals surface area (Å²) in [7, 11) is 1.69. The summed E-state index contributed by atoms with van der Waals surface area (Å²) in [5.74, 6) is 0.882. The summed E-state index contributed by atoms with van der Waals surface area (Å²) >= 11 is 0. The fourth-order valence-corrected chi connectivity index (χ4v) is 2.13. The topological polar surface area (TPSA) is 30.3 Å². The Bertz CT molecular complexity index is 503. The van der Waals surface area contributed by atoms with Gasteiger partial charge in [0.15, 0.2) is 0 Å². The number of benzene rings is 1. The third-order valence-corrected chi connectivity index (χ3v) is 3.38. The van der Waals surface area contributed by atoms with Gasteiger partial charge in [0.1, 0.15) is 5.75 Å². The van der Waals surface area contributed by atoms with Gasteiger partial charge in [0.05, 0.1) is 24.5 Å². The number of ether oxygens (including phenoxy) is 1. The van der Waals surface area contributed by atoms with Gasteiger partial charge in [-0.25, -0.2) is 4.98 Å². The van der Waals surface area contributed by atoms with Crippen LogP contribution in [0.4, 0.5) is 0 Å². The second-order valence-electron chi connectivity index (χ2n) is 4.32.